The molecule has 0 saturated carbocycles. The first-order chi connectivity index (χ1) is 8.44. The fraction of sp³-hybridized carbons (Fsp3) is 0.333. The third-order valence-electron chi connectivity index (χ3n) is 2.76. The van der Waals surface area contributed by atoms with Crippen molar-refractivity contribution in [3.05, 3.63) is 34.4 Å². The third-order valence-corrected chi connectivity index (χ3v) is 3.37. The van der Waals surface area contributed by atoms with Gasteiger partial charge >= 0.3 is 0 Å². The summed E-state index contributed by atoms with van der Waals surface area (Å²) in [5.41, 5.74) is 0.299. The highest BCUT2D eigenvalue weighted by Crippen LogP contribution is 2.25. The van der Waals surface area contributed by atoms with E-state index in [2.05, 4.69) is 31.4 Å². The number of hydrogen-bond acceptors (Lipinski definition) is 4. The second kappa shape index (κ2) is 4.78. The number of nitrogens with one attached hydrogen (secondary N) is 1. The second-order valence-corrected chi connectivity index (χ2v) is 5.28. The predicted octanol–water partition coefficient (Wildman–Crippen LogP) is 3.09. The van der Waals surface area contributed by atoms with Crippen molar-refractivity contribution < 1.29 is 8.91 Å². The molecule has 4 nitrogen and oxygen atoms in total. The van der Waals surface area contributed by atoms with Crippen molar-refractivity contribution in [3.63, 3.8) is 0 Å². The lowest BCUT2D eigenvalue weighted by Crippen LogP contribution is -2.33. The van der Waals surface area contributed by atoms with Crippen molar-refractivity contribution in [3.8, 4) is 11.4 Å². The van der Waals surface area contributed by atoms with Gasteiger partial charge in [-0.2, -0.15) is 4.98 Å². The van der Waals surface area contributed by atoms with E-state index in [-0.39, 0.29) is 5.82 Å². The van der Waals surface area contributed by atoms with Gasteiger partial charge in [-0.25, -0.2) is 4.39 Å². The molecule has 0 aliphatic carbocycles. The lowest BCUT2D eigenvalue weighted by molar-refractivity contribution is 0.281. The molecule has 1 N–H and O–H groups in total. The van der Waals surface area contributed by atoms with E-state index >= 15 is 0 Å². The molecule has 0 unspecified atom stereocenters. The molecular weight excluding hydrogens is 301 g/mol. The molecule has 0 bridgehead atoms. The summed E-state index contributed by atoms with van der Waals surface area (Å²) in [7, 11) is 1.82. The van der Waals surface area contributed by atoms with Gasteiger partial charge in [0.25, 0.3) is 0 Å². The maximum absolute atomic E-state index is 13.1. The Morgan fingerprint density at radius 2 is 2.11 bits per heavy atom. The van der Waals surface area contributed by atoms with Crippen LogP contribution in [0, 0.1) is 5.82 Å². The maximum Gasteiger partial charge on any atom is 0.246 e. The first kappa shape index (κ1) is 13.2. The molecule has 0 saturated heterocycles. The SMILES string of the molecule is CNC(C)(C)c1nc(-c2ccc(F)c(Br)c2)no1. The molecule has 1 aromatic heterocycles. The summed E-state index contributed by atoms with van der Waals surface area (Å²) in [6, 6.07) is 4.59. The van der Waals surface area contributed by atoms with E-state index in [1.807, 2.05) is 20.9 Å². The summed E-state index contributed by atoms with van der Waals surface area (Å²) < 4.78 is 18.7. The van der Waals surface area contributed by atoms with Gasteiger partial charge in [0, 0.05) is 5.56 Å². The molecule has 18 heavy (non-hydrogen) atoms. The Labute approximate surface area is 113 Å². The first-order valence-corrected chi connectivity index (χ1v) is 6.22. The molecule has 0 atom stereocenters. The van der Waals surface area contributed by atoms with Crippen LogP contribution in [0.1, 0.15) is 19.7 Å². The van der Waals surface area contributed by atoms with Crippen molar-refractivity contribution in [2.75, 3.05) is 7.05 Å². The standard InChI is InChI=1S/C12H13BrFN3O/c1-12(2,15-3)11-16-10(17-18-11)7-4-5-9(14)8(13)6-7/h4-6,15H,1-3H3. The normalized spacial score (nSPS) is 11.8. The Bertz CT molecular complexity index is 568. The lowest BCUT2D eigenvalue weighted by atomic mass is 10.1. The number of benzene rings is 1. The zero-order chi connectivity index (χ0) is 13.3. The summed E-state index contributed by atoms with van der Waals surface area (Å²) in [5, 5.41) is 6.98. The quantitative estimate of drug-likeness (QED) is 0.946. The Morgan fingerprint density at radius 1 is 1.39 bits per heavy atom. The fourth-order valence-electron chi connectivity index (χ4n) is 1.34. The molecule has 0 aliphatic rings. The van der Waals surface area contributed by atoms with Crippen LogP contribution in [0.3, 0.4) is 0 Å². The summed E-state index contributed by atoms with van der Waals surface area (Å²) >= 11 is 3.13. The smallest absolute Gasteiger partial charge is 0.246 e. The van der Waals surface area contributed by atoms with E-state index in [1.54, 1.807) is 12.1 Å². The van der Waals surface area contributed by atoms with Gasteiger partial charge < -0.3 is 9.84 Å². The second-order valence-electron chi connectivity index (χ2n) is 4.43. The largest absolute Gasteiger partial charge is 0.337 e. The number of aromatic nitrogens is 2. The van der Waals surface area contributed by atoms with Crippen molar-refractivity contribution in [1.29, 1.82) is 0 Å². The van der Waals surface area contributed by atoms with Crippen molar-refractivity contribution >= 4 is 15.9 Å². The van der Waals surface area contributed by atoms with Crippen LogP contribution in [-0.2, 0) is 5.54 Å². The molecule has 0 aliphatic heterocycles. The lowest BCUT2D eigenvalue weighted by Gasteiger charge is -2.17. The Morgan fingerprint density at radius 3 is 2.72 bits per heavy atom. The predicted molar refractivity (Wildman–Crippen MR) is 69.5 cm³/mol. The van der Waals surface area contributed by atoms with E-state index in [9.17, 15) is 4.39 Å². The van der Waals surface area contributed by atoms with E-state index < -0.39 is 5.54 Å². The molecule has 0 fully saturated rings. The average molecular weight is 314 g/mol. The topological polar surface area (TPSA) is 51.0 Å². The van der Waals surface area contributed by atoms with Gasteiger partial charge in [0.1, 0.15) is 5.82 Å². The Hall–Kier alpha value is -1.27. The van der Waals surface area contributed by atoms with Crippen LogP contribution in [0.25, 0.3) is 11.4 Å². The number of nitrogens with zero attached hydrogens (tertiary/aromatic N) is 2. The highest BCUT2D eigenvalue weighted by molar-refractivity contribution is 9.10. The van der Waals surface area contributed by atoms with Crippen molar-refractivity contribution in [2.24, 2.45) is 0 Å². The molecule has 1 aromatic carbocycles. The van der Waals surface area contributed by atoms with Crippen LogP contribution in [-0.4, -0.2) is 17.2 Å². The van der Waals surface area contributed by atoms with Crippen LogP contribution in [0.5, 0.6) is 0 Å². The molecule has 0 spiro atoms. The highest BCUT2D eigenvalue weighted by atomic mass is 79.9. The van der Waals surface area contributed by atoms with Gasteiger partial charge in [-0.15, -0.1) is 0 Å². The zero-order valence-electron chi connectivity index (χ0n) is 10.3. The van der Waals surface area contributed by atoms with E-state index in [4.69, 9.17) is 4.52 Å². The van der Waals surface area contributed by atoms with Gasteiger partial charge in [0.05, 0.1) is 10.0 Å². The Kier molecular flexibility index (Phi) is 3.49. The first-order valence-electron chi connectivity index (χ1n) is 5.42. The van der Waals surface area contributed by atoms with Crippen molar-refractivity contribution in [2.45, 2.75) is 19.4 Å². The zero-order valence-corrected chi connectivity index (χ0v) is 11.9. The fourth-order valence-corrected chi connectivity index (χ4v) is 1.72. The third kappa shape index (κ3) is 2.44. The highest BCUT2D eigenvalue weighted by Gasteiger charge is 2.25. The minimum absolute atomic E-state index is 0.321. The molecule has 2 aromatic rings. The van der Waals surface area contributed by atoms with Gasteiger partial charge in [0.2, 0.25) is 11.7 Å². The molecule has 2 rings (SSSR count). The van der Waals surface area contributed by atoms with E-state index in [1.165, 1.54) is 6.07 Å². The van der Waals surface area contributed by atoms with Crippen LogP contribution < -0.4 is 5.32 Å². The average Bonchev–Trinajstić information content (AvgIpc) is 2.83. The van der Waals surface area contributed by atoms with Crippen molar-refractivity contribution in [1.82, 2.24) is 15.5 Å². The Balaban J connectivity index is 2.38. The van der Waals surface area contributed by atoms with Crippen LogP contribution >= 0.6 is 15.9 Å². The number of hydrogen-bond donors (Lipinski definition) is 1. The van der Waals surface area contributed by atoms with Gasteiger partial charge in [-0.3, -0.25) is 0 Å². The van der Waals surface area contributed by atoms with Gasteiger partial charge in [-0.1, -0.05) is 5.16 Å². The van der Waals surface area contributed by atoms with E-state index in [0.29, 0.717) is 21.8 Å². The summed E-state index contributed by atoms with van der Waals surface area (Å²) in [6.07, 6.45) is 0. The molecular formula is C12H13BrFN3O. The summed E-state index contributed by atoms with van der Waals surface area (Å²) in [4.78, 5) is 4.31. The number of rotatable bonds is 3. The summed E-state index contributed by atoms with van der Waals surface area (Å²) in [6.45, 7) is 3.87. The monoisotopic (exact) mass is 313 g/mol. The van der Waals surface area contributed by atoms with Crippen LogP contribution in [0.4, 0.5) is 4.39 Å². The number of halogens is 2. The van der Waals surface area contributed by atoms with Gasteiger partial charge in [-0.05, 0) is 55.0 Å². The minimum Gasteiger partial charge on any atom is -0.337 e. The maximum atomic E-state index is 13.1. The molecule has 0 radical (unpaired) electrons. The summed E-state index contributed by atoms with van der Waals surface area (Å²) in [5.74, 6) is 0.604. The molecule has 96 valence electrons. The van der Waals surface area contributed by atoms with E-state index in [0.717, 1.165) is 0 Å². The molecule has 1 heterocycles. The van der Waals surface area contributed by atoms with Gasteiger partial charge in [0.15, 0.2) is 0 Å². The molecule has 0 amide bonds. The molecule has 6 heteroatoms. The van der Waals surface area contributed by atoms with Crippen LogP contribution in [0.2, 0.25) is 0 Å². The minimum atomic E-state index is -0.400. The van der Waals surface area contributed by atoms with Crippen LogP contribution in [0.15, 0.2) is 27.2 Å².